The Morgan fingerprint density at radius 3 is 2.75 bits per heavy atom. The van der Waals surface area contributed by atoms with E-state index < -0.39 is 5.97 Å². The quantitative estimate of drug-likeness (QED) is 0.577. The van der Waals surface area contributed by atoms with Gasteiger partial charge in [-0.25, -0.2) is 0 Å². The van der Waals surface area contributed by atoms with Crippen LogP contribution >= 0.6 is 0 Å². The molecule has 2 unspecified atom stereocenters. The van der Waals surface area contributed by atoms with E-state index in [1.165, 1.54) is 0 Å². The van der Waals surface area contributed by atoms with Gasteiger partial charge in [0.25, 0.3) is 0 Å². The number of nitrogens with two attached hydrogens (primary N) is 1. The lowest BCUT2D eigenvalue weighted by molar-refractivity contribution is -0.143. The highest BCUT2D eigenvalue weighted by atomic mass is 16.4. The average molecular weight is 228 g/mol. The van der Waals surface area contributed by atoms with Gasteiger partial charge in [0.1, 0.15) is 0 Å². The predicted octanol–water partition coefficient (Wildman–Crippen LogP) is 0.485. The minimum absolute atomic E-state index is 0.206. The fourth-order valence-electron chi connectivity index (χ4n) is 2.17. The molecule has 0 aromatic heterocycles. The molecule has 0 aromatic carbocycles. The molecule has 5 heteroatoms. The van der Waals surface area contributed by atoms with Gasteiger partial charge in [-0.2, -0.15) is 0 Å². The predicted molar refractivity (Wildman–Crippen MR) is 59.8 cm³/mol. The van der Waals surface area contributed by atoms with Crippen LogP contribution in [0.25, 0.3) is 0 Å². The van der Waals surface area contributed by atoms with Crippen molar-refractivity contribution in [3.8, 4) is 0 Å². The number of rotatable bonds is 6. The normalized spacial score (nSPS) is 25.2. The molecule has 1 amide bonds. The number of primary amides is 1. The van der Waals surface area contributed by atoms with Crippen molar-refractivity contribution in [1.29, 1.82) is 0 Å². The molecule has 0 spiro atoms. The van der Waals surface area contributed by atoms with E-state index in [0.717, 1.165) is 32.2 Å². The Morgan fingerprint density at radius 1 is 1.38 bits per heavy atom. The van der Waals surface area contributed by atoms with Crippen molar-refractivity contribution in [2.24, 2.45) is 11.7 Å². The van der Waals surface area contributed by atoms with Crippen LogP contribution in [-0.4, -0.2) is 29.6 Å². The SMILES string of the molecule is NC(=O)CCCNC1CCCC(C(=O)O)C1. The van der Waals surface area contributed by atoms with E-state index in [9.17, 15) is 9.59 Å². The van der Waals surface area contributed by atoms with Crippen LogP contribution in [0.3, 0.4) is 0 Å². The van der Waals surface area contributed by atoms with Crippen molar-refractivity contribution in [2.45, 2.75) is 44.6 Å². The Bertz CT molecular complexity index is 256. The average Bonchev–Trinajstić information content (AvgIpc) is 2.24. The van der Waals surface area contributed by atoms with Crippen LogP contribution in [0.4, 0.5) is 0 Å². The molecule has 1 fully saturated rings. The smallest absolute Gasteiger partial charge is 0.306 e. The molecule has 0 bridgehead atoms. The van der Waals surface area contributed by atoms with E-state index in [1.807, 2.05) is 0 Å². The lowest BCUT2D eigenvalue weighted by atomic mass is 9.86. The Labute approximate surface area is 95.4 Å². The molecule has 4 N–H and O–H groups in total. The molecule has 1 aliphatic rings. The summed E-state index contributed by atoms with van der Waals surface area (Å²) in [6.07, 6.45) is 4.59. The highest BCUT2D eigenvalue weighted by molar-refractivity contribution is 5.73. The molecule has 1 aliphatic carbocycles. The summed E-state index contributed by atoms with van der Waals surface area (Å²) in [4.78, 5) is 21.3. The molecular formula is C11H20N2O3. The third kappa shape index (κ3) is 4.61. The number of carbonyl (C=O) groups is 2. The number of carboxylic acids is 1. The molecule has 16 heavy (non-hydrogen) atoms. The van der Waals surface area contributed by atoms with Crippen LogP contribution in [0.2, 0.25) is 0 Å². The summed E-state index contributed by atoms with van der Waals surface area (Å²) in [5.41, 5.74) is 5.03. The molecule has 0 saturated heterocycles. The highest BCUT2D eigenvalue weighted by Crippen LogP contribution is 2.24. The second kappa shape index (κ2) is 6.48. The second-order valence-electron chi connectivity index (χ2n) is 4.42. The Hall–Kier alpha value is -1.10. The van der Waals surface area contributed by atoms with Gasteiger partial charge in [0.2, 0.25) is 5.91 Å². The van der Waals surface area contributed by atoms with Gasteiger partial charge < -0.3 is 16.2 Å². The summed E-state index contributed by atoms with van der Waals surface area (Å²) >= 11 is 0. The number of carboxylic acid groups (broad SMARTS) is 1. The van der Waals surface area contributed by atoms with Gasteiger partial charge in [-0.05, 0) is 32.2 Å². The largest absolute Gasteiger partial charge is 0.481 e. The molecule has 0 aliphatic heterocycles. The van der Waals surface area contributed by atoms with Crippen molar-refractivity contribution < 1.29 is 14.7 Å². The van der Waals surface area contributed by atoms with E-state index in [0.29, 0.717) is 12.8 Å². The molecule has 0 heterocycles. The van der Waals surface area contributed by atoms with E-state index in [1.54, 1.807) is 0 Å². The zero-order valence-electron chi connectivity index (χ0n) is 9.45. The zero-order valence-corrected chi connectivity index (χ0v) is 9.45. The number of carbonyl (C=O) groups excluding carboxylic acids is 1. The number of nitrogens with one attached hydrogen (secondary N) is 1. The van der Waals surface area contributed by atoms with Gasteiger partial charge in [-0.3, -0.25) is 9.59 Å². The number of aliphatic carboxylic acids is 1. The van der Waals surface area contributed by atoms with Gasteiger partial charge in [0.05, 0.1) is 5.92 Å². The van der Waals surface area contributed by atoms with E-state index in [4.69, 9.17) is 10.8 Å². The van der Waals surface area contributed by atoms with Crippen LogP contribution in [0, 0.1) is 5.92 Å². The second-order valence-corrected chi connectivity index (χ2v) is 4.42. The summed E-state index contributed by atoms with van der Waals surface area (Å²) in [7, 11) is 0. The van der Waals surface area contributed by atoms with Crippen molar-refractivity contribution in [1.82, 2.24) is 5.32 Å². The minimum atomic E-state index is -0.691. The maximum absolute atomic E-state index is 10.8. The van der Waals surface area contributed by atoms with E-state index in [-0.39, 0.29) is 17.9 Å². The fourth-order valence-corrected chi connectivity index (χ4v) is 2.17. The molecule has 1 rings (SSSR count). The van der Waals surface area contributed by atoms with Crippen LogP contribution in [0.5, 0.6) is 0 Å². The molecule has 5 nitrogen and oxygen atoms in total. The lowest BCUT2D eigenvalue weighted by Crippen LogP contribution is -2.37. The van der Waals surface area contributed by atoms with Crippen molar-refractivity contribution >= 4 is 11.9 Å². The van der Waals surface area contributed by atoms with Crippen LogP contribution in [-0.2, 0) is 9.59 Å². The van der Waals surface area contributed by atoms with Crippen LogP contribution in [0.15, 0.2) is 0 Å². The molecule has 1 saturated carbocycles. The van der Waals surface area contributed by atoms with Crippen molar-refractivity contribution in [3.05, 3.63) is 0 Å². The minimum Gasteiger partial charge on any atom is -0.481 e. The summed E-state index contributed by atoms with van der Waals surface area (Å²) < 4.78 is 0. The van der Waals surface area contributed by atoms with E-state index >= 15 is 0 Å². The third-order valence-corrected chi connectivity index (χ3v) is 3.06. The Morgan fingerprint density at radius 2 is 2.12 bits per heavy atom. The van der Waals surface area contributed by atoms with Crippen molar-refractivity contribution in [2.75, 3.05) is 6.54 Å². The van der Waals surface area contributed by atoms with Gasteiger partial charge in [0, 0.05) is 12.5 Å². The molecular weight excluding hydrogens is 208 g/mol. The number of hydrogen-bond donors (Lipinski definition) is 3. The summed E-state index contributed by atoms with van der Waals surface area (Å²) in [6.45, 7) is 0.736. The molecule has 0 aromatic rings. The van der Waals surface area contributed by atoms with Gasteiger partial charge in [-0.15, -0.1) is 0 Å². The first-order valence-corrected chi connectivity index (χ1v) is 5.84. The van der Waals surface area contributed by atoms with E-state index in [2.05, 4.69) is 5.32 Å². The van der Waals surface area contributed by atoms with Crippen molar-refractivity contribution in [3.63, 3.8) is 0 Å². The maximum Gasteiger partial charge on any atom is 0.306 e. The molecule has 92 valence electrons. The van der Waals surface area contributed by atoms with Crippen LogP contribution < -0.4 is 11.1 Å². The summed E-state index contributed by atoms with van der Waals surface area (Å²) in [5, 5.41) is 12.2. The Balaban J connectivity index is 2.17. The fraction of sp³-hybridized carbons (Fsp3) is 0.818. The standard InChI is InChI=1S/C11H20N2O3/c12-10(14)5-2-6-13-9-4-1-3-8(7-9)11(15)16/h8-9,13H,1-7H2,(H2,12,14)(H,15,16). The first-order valence-electron chi connectivity index (χ1n) is 5.84. The summed E-state index contributed by atoms with van der Waals surface area (Å²) in [6, 6.07) is 0.280. The van der Waals surface area contributed by atoms with Gasteiger partial charge in [-0.1, -0.05) is 6.42 Å². The molecule has 0 radical (unpaired) electrons. The van der Waals surface area contributed by atoms with Crippen LogP contribution in [0.1, 0.15) is 38.5 Å². The topological polar surface area (TPSA) is 92.4 Å². The molecule has 2 atom stereocenters. The number of hydrogen-bond acceptors (Lipinski definition) is 3. The zero-order chi connectivity index (χ0) is 12.0. The first kappa shape index (κ1) is 13.0. The summed E-state index contributed by atoms with van der Waals surface area (Å²) in [5.74, 6) is -1.18. The lowest BCUT2D eigenvalue weighted by Gasteiger charge is -2.27. The maximum atomic E-state index is 10.8. The highest BCUT2D eigenvalue weighted by Gasteiger charge is 2.26. The van der Waals surface area contributed by atoms with Gasteiger partial charge in [0.15, 0.2) is 0 Å². The number of amides is 1. The van der Waals surface area contributed by atoms with Gasteiger partial charge >= 0.3 is 5.97 Å². The monoisotopic (exact) mass is 228 g/mol. The third-order valence-electron chi connectivity index (χ3n) is 3.06. The first-order chi connectivity index (χ1) is 7.59. The Kier molecular flexibility index (Phi) is 5.25.